The summed E-state index contributed by atoms with van der Waals surface area (Å²) in [6.07, 6.45) is 0. The van der Waals surface area contributed by atoms with Gasteiger partial charge in [-0.15, -0.1) is 0 Å². The number of primary amides is 1. The Morgan fingerprint density at radius 3 is 2.42 bits per heavy atom. The summed E-state index contributed by atoms with van der Waals surface area (Å²) in [5.74, 6) is -0.176. The zero-order valence-corrected chi connectivity index (χ0v) is 14.1. The van der Waals surface area contributed by atoms with E-state index < -0.39 is 11.9 Å². The molecule has 4 N–H and O–H groups in total. The monoisotopic (exact) mass is 347 g/mol. The number of methoxy groups -OCH3 is 1. The molecule has 0 bridgehead atoms. The molecule has 2 aromatic rings. The van der Waals surface area contributed by atoms with E-state index in [0.29, 0.717) is 27.7 Å². The summed E-state index contributed by atoms with van der Waals surface area (Å²) in [5.41, 5.74) is 6.75. The van der Waals surface area contributed by atoms with E-state index >= 15 is 0 Å². The smallest absolute Gasteiger partial charge is 0.248 e. The molecule has 2 rings (SSSR count). The van der Waals surface area contributed by atoms with E-state index in [1.807, 2.05) is 0 Å². The van der Waals surface area contributed by atoms with E-state index in [0.717, 1.165) is 0 Å². The molecule has 0 spiro atoms. The van der Waals surface area contributed by atoms with Crippen molar-refractivity contribution in [2.45, 2.75) is 13.0 Å². The van der Waals surface area contributed by atoms with Crippen LogP contribution in [-0.4, -0.2) is 25.0 Å². The highest BCUT2D eigenvalue weighted by atomic mass is 35.5. The molecule has 0 fully saturated rings. The molecule has 0 saturated heterocycles. The number of hydrogen-bond acceptors (Lipinski definition) is 4. The fraction of sp³-hybridized carbons (Fsp3) is 0.176. The molecule has 0 saturated carbocycles. The maximum absolute atomic E-state index is 12.3. The van der Waals surface area contributed by atoms with Crippen molar-refractivity contribution in [2.24, 2.45) is 5.73 Å². The number of amides is 2. The van der Waals surface area contributed by atoms with E-state index in [9.17, 15) is 9.59 Å². The van der Waals surface area contributed by atoms with Gasteiger partial charge in [-0.25, -0.2) is 0 Å². The minimum absolute atomic E-state index is 0.246. The fourth-order valence-corrected chi connectivity index (χ4v) is 2.23. The van der Waals surface area contributed by atoms with Gasteiger partial charge in [-0.2, -0.15) is 0 Å². The maximum atomic E-state index is 12.3. The van der Waals surface area contributed by atoms with Crippen LogP contribution >= 0.6 is 11.6 Å². The highest BCUT2D eigenvalue weighted by Crippen LogP contribution is 2.28. The van der Waals surface area contributed by atoms with E-state index in [-0.39, 0.29) is 5.91 Å². The second kappa shape index (κ2) is 7.70. The number of ether oxygens (including phenoxy) is 1. The van der Waals surface area contributed by atoms with Gasteiger partial charge in [-0.05, 0) is 49.4 Å². The van der Waals surface area contributed by atoms with Crippen LogP contribution in [0.3, 0.4) is 0 Å². The number of carbonyl (C=O) groups excluding carboxylic acids is 2. The van der Waals surface area contributed by atoms with Crippen LogP contribution in [0.2, 0.25) is 5.02 Å². The number of nitrogens with two attached hydrogens (primary N) is 1. The van der Waals surface area contributed by atoms with Gasteiger partial charge in [0.25, 0.3) is 0 Å². The minimum atomic E-state index is -0.534. The van der Waals surface area contributed by atoms with Crippen LogP contribution in [-0.2, 0) is 4.79 Å². The molecule has 1 unspecified atom stereocenters. The number of halogens is 1. The van der Waals surface area contributed by atoms with Crippen molar-refractivity contribution >= 4 is 34.8 Å². The third-order valence-electron chi connectivity index (χ3n) is 3.36. The Morgan fingerprint density at radius 2 is 1.83 bits per heavy atom. The number of carbonyl (C=O) groups is 2. The van der Waals surface area contributed by atoms with Crippen LogP contribution in [0.15, 0.2) is 42.5 Å². The molecule has 0 heterocycles. The first kappa shape index (κ1) is 17.6. The van der Waals surface area contributed by atoms with Crippen molar-refractivity contribution in [2.75, 3.05) is 17.7 Å². The lowest BCUT2D eigenvalue weighted by Crippen LogP contribution is -2.32. The number of benzene rings is 2. The summed E-state index contributed by atoms with van der Waals surface area (Å²) < 4.78 is 5.24. The summed E-state index contributed by atoms with van der Waals surface area (Å²) in [5, 5.41) is 6.34. The van der Waals surface area contributed by atoms with Gasteiger partial charge in [0.05, 0.1) is 12.8 Å². The van der Waals surface area contributed by atoms with Crippen LogP contribution in [0.5, 0.6) is 5.75 Å². The SMILES string of the molecule is COc1ccc(Cl)cc1NC(C)C(=O)Nc1ccc(C(N)=O)cc1. The molecular formula is C17H18ClN3O3. The highest BCUT2D eigenvalue weighted by molar-refractivity contribution is 6.31. The molecule has 24 heavy (non-hydrogen) atoms. The maximum Gasteiger partial charge on any atom is 0.248 e. The summed E-state index contributed by atoms with van der Waals surface area (Å²) in [4.78, 5) is 23.3. The number of nitrogens with one attached hydrogen (secondary N) is 2. The molecule has 2 amide bonds. The highest BCUT2D eigenvalue weighted by Gasteiger charge is 2.15. The third kappa shape index (κ3) is 4.39. The van der Waals surface area contributed by atoms with Crippen molar-refractivity contribution in [1.29, 1.82) is 0 Å². The topological polar surface area (TPSA) is 93.4 Å². The normalized spacial score (nSPS) is 11.5. The zero-order valence-electron chi connectivity index (χ0n) is 13.3. The quantitative estimate of drug-likeness (QED) is 0.749. The lowest BCUT2D eigenvalue weighted by Gasteiger charge is -2.17. The number of hydrogen-bond donors (Lipinski definition) is 3. The predicted octanol–water partition coefficient (Wildman–Crippen LogP) is 2.89. The lowest BCUT2D eigenvalue weighted by molar-refractivity contribution is -0.116. The first-order chi connectivity index (χ1) is 11.4. The van der Waals surface area contributed by atoms with Gasteiger partial charge < -0.3 is 21.1 Å². The summed E-state index contributed by atoms with van der Waals surface area (Å²) in [7, 11) is 1.54. The molecule has 6 nitrogen and oxygen atoms in total. The summed E-state index contributed by atoms with van der Waals surface area (Å²) in [6, 6.07) is 10.9. The average Bonchev–Trinajstić information content (AvgIpc) is 2.55. The van der Waals surface area contributed by atoms with Gasteiger partial charge in [0.15, 0.2) is 0 Å². The molecular weight excluding hydrogens is 330 g/mol. The Kier molecular flexibility index (Phi) is 5.65. The number of rotatable bonds is 6. The van der Waals surface area contributed by atoms with Gasteiger partial charge in [0.2, 0.25) is 11.8 Å². The van der Waals surface area contributed by atoms with Crippen molar-refractivity contribution in [1.82, 2.24) is 0 Å². The third-order valence-corrected chi connectivity index (χ3v) is 3.60. The molecule has 2 aromatic carbocycles. The molecule has 0 aliphatic heterocycles. The van der Waals surface area contributed by atoms with Crippen molar-refractivity contribution in [3.63, 3.8) is 0 Å². The van der Waals surface area contributed by atoms with Gasteiger partial charge in [-0.1, -0.05) is 11.6 Å². The first-order valence-corrected chi connectivity index (χ1v) is 7.59. The van der Waals surface area contributed by atoms with E-state index in [1.54, 1.807) is 56.5 Å². The Balaban J connectivity index is 2.04. The predicted molar refractivity (Wildman–Crippen MR) is 94.7 cm³/mol. The van der Waals surface area contributed by atoms with Gasteiger partial charge in [-0.3, -0.25) is 9.59 Å². The molecule has 1 atom stereocenters. The van der Waals surface area contributed by atoms with E-state index in [1.165, 1.54) is 0 Å². The Morgan fingerprint density at radius 1 is 1.17 bits per heavy atom. The first-order valence-electron chi connectivity index (χ1n) is 7.21. The number of anilines is 2. The van der Waals surface area contributed by atoms with Crippen molar-refractivity contribution in [3.8, 4) is 5.75 Å². The molecule has 126 valence electrons. The molecule has 0 aliphatic rings. The Hall–Kier alpha value is -2.73. The largest absolute Gasteiger partial charge is 0.495 e. The van der Waals surface area contributed by atoms with E-state index in [2.05, 4.69) is 10.6 Å². The van der Waals surface area contributed by atoms with Crippen LogP contribution in [0.1, 0.15) is 17.3 Å². The van der Waals surface area contributed by atoms with Crippen molar-refractivity contribution in [3.05, 3.63) is 53.1 Å². The minimum Gasteiger partial charge on any atom is -0.495 e. The van der Waals surface area contributed by atoms with E-state index in [4.69, 9.17) is 22.1 Å². The fourth-order valence-electron chi connectivity index (χ4n) is 2.06. The molecule has 0 radical (unpaired) electrons. The summed E-state index contributed by atoms with van der Waals surface area (Å²) in [6.45, 7) is 1.72. The Labute approximate surface area is 144 Å². The summed E-state index contributed by atoms with van der Waals surface area (Å²) >= 11 is 5.97. The van der Waals surface area contributed by atoms with Crippen molar-refractivity contribution < 1.29 is 14.3 Å². The zero-order chi connectivity index (χ0) is 17.7. The van der Waals surface area contributed by atoms with Crippen LogP contribution in [0.4, 0.5) is 11.4 Å². The van der Waals surface area contributed by atoms with Gasteiger partial charge in [0, 0.05) is 16.3 Å². The molecule has 7 heteroatoms. The van der Waals surface area contributed by atoms with Crippen LogP contribution < -0.4 is 21.1 Å². The second-order valence-electron chi connectivity index (χ2n) is 5.14. The average molecular weight is 348 g/mol. The molecule has 0 aromatic heterocycles. The molecule has 0 aliphatic carbocycles. The van der Waals surface area contributed by atoms with Crippen LogP contribution in [0.25, 0.3) is 0 Å². The Bertz CT molecular complexity index is 747. The van der Waals surface area contributed by atoms with Gasteiger partial charge >= 0.3 is 0 Å². The van der Waals surface area contributed by atoms with Crippen LogP contribution in [0, 0.1) is 0 Å². The van der Waals surface area contributed by atoms with Gasteiger partial charge in [0.1, 0.15) is 11.8 Å². The lowest BCUT2D eigenvalue weighted by atomic mass is 10.2. The second-order valence-corrected chi connectivity index (χ2v) is 5.58. The standard InChI is InChI=1S/C17H18ClN3O3/c1-10(20-14-9-12(18)5-8-15(14)24-2)17(23)21-13-6-3-11(4-7-13)16(19)22/h3-10,20H,1-2H3,(H2,19,22)(H,21,23).